The first-order chi connectivity index (χ1) is 18.1. The summed E-state index contributed by atoms with van der Waals surface area (Å²) in [6.07, 6.45) is 0.581. The second kappa shape index (κ2) is 12.8. The number of methoxy groups -OCH3 is 1. The van der Waals surface area contributed by atoms with Crippen LogP contribution in [-0.2, 0) is 22.6 Å². The third kappa shape index (κ3) is 7.22. The number of anilines is 1. The van der Waals surface area contributed by atoms with Crippen molar-refractivity contribution in [2.75, 3.05) is 38.9 Å². The highest BCUT2D eigenvalue weighted by Crippen LogP contribution is 2.33. The molecule has 0 unspecified atom stereocenters. The van der Waals surface area contributed by atoms with E-state index in [0.29, 0.717) is 55.4 Å². The Morgan fingerprint density at radius 1 is 1.08 bits per heavy atom. The van der Waals surface area contributed by atoms with Crippen LogP contribution >= 0.6 is 11.3 Å². The van der Waals surface area contributed by atoms with Gasteiger partial charge in [-0.15, -0.1) is 11.3 Å². The zero-order valence-corrected chi connectivity index (χ0v) is 21.3. The maximum Gasteiger partial charge on any atom is 0.322 e. The van der Waals surface area contributed by atoms with Crippen molar-refractivity contribution in [2.45, 2.75) is 19.5 Å². The summed E-state index contributed by atoms with van der Waals surface area (Å²) in [5, 5.41) is 13.8. The van der Waals surface area contributed by atoms with Gasteiger partial charge in [-0.1, -0.05) is 12.1 Å². The molecule has 9 nitrogen and oxygen atoms in total. The zero-order valence-electron chi connectivity index (χ0n) is 20.5. The van der Waals surface area contributed by atoms with Crippen LogP contribution in [-0.4, -0.2) is 55.3 Å². The SMILES string of the molecule is COCCCN(CC(=O)N(Cc1ccc2c(c1)OCO2)Cc1cccs1)C(=O)Nc1ccc(C#N)cc1. The van der Waals surface area contributed by atoms with Gasteiger partial charge in [-0.2, -0.15) is 5.26 Å². The van der Waals surface area contributed by atoms with E-state index in [9.17, 15) is 9.59 Å². The number of carbonyl (C=O) groups is 2. The number of nitriles is 1. The lowest BCUT2D eigenvalue weighted by Gasteiger charge is -2.28. The molecule has 0 radical (unpaired) electrons. The van der Waals surface area contributed by atoms with Crippen LogP contribution < -0.4 is 14.8 Å². The fraction of sp³-hybridized carbons (Fsp3) is 0.296. The zero-order chi connectivity index (χ0) is 26.0. The first-order valence-corrected chi connectivity index (χ1v) is 12.7. The van der Waals surface area contributed by atoms with Gasteiger partial charge in [-0.25, -0.2) is 4.79 Å². The van der Waals surface area contributed by atoms with Gasteiger partial charge in [-0.3, -0.25) is 4.79 Å². The Morgan fingerprint density at radius 3 is 2.62 bits per heavy atom. The van der Waals surface area contributed by atoms with E-state index in [1.807, 2.05) is 35.7 Å². The average Bonchev–Trinajstić information content (AvgIpc) is 3.60. The topological polar surface area (TPSA) is 104 Å². The van der Waals surface area contributed by atoms with Crippen LogP contribution in [0.3, 0.4) is 0 Å². The molecule has 3 amide bonds. The Hall–Kier alpha value is -4.07. The van der Waals surface area contributed by atoms with Crippen molar-refractivity contribution in [1.29, 1.82) is 5.26 Å². The minimum absolute atomic E-state index is 0.0955. The predicted octanol–water partition coefficient (Wildman–Crippen LogP) is 4.45. The highest BCUT2D eigenvalue weighted by molar-refractivity contribution is 7.09. The molecular formula is C27H28N4O5S. The van der Waals surface area contributed by atoms with Crippen molar-refractivity contribution in [3.8, 4) is 17.6 Å². The molecule has 3 aromatic rings. The summed E-state index contributed by atoms with van der Waals surface area (Å²) >= 11 is 1.58. The highest BCUT2D eigenvalue weighted by Gasteiger charge is 2.23. The van der Waals surface area contributed by atoms with Crippen molar-refractivity contribution >= 4 is 29.0 Å². The number of carbonyl (C=O) groups excluding carboxylic acids is 2. The van der Waals surface area contributed by atoms with E-state index in [-0.39, 0.29) is 19.2 Å². The van der Waals surface area contributed by atoms with E-state index in [1.54, 1.807) is 47.6 Å². The summed E-state index contributed by atoms with van der Waals surface area (Å²) in [5.41, 5.74) is 1.95. The lowest BCUT2D eigenvalue weighted by molar-refractivity contribution is -0.133. The fourth-order valence-electron chi connectivity index (χ4n) is 3.83. The largest absolute Gasteiger partial charge is 0.454 e. The van der Waals surface area contributed by atoms with E-state index in [4.69, 9.17) is 19.5 Å². The summed E-state index contributed by atoms with van der Waals surface area (Å²) < 4.78 is 16.0. The molecule has 0 saturated heterocycles. The van der Waals surface area contributed by atoms with Crippen molar-refractivity contribution < 1.29 is 23.8 Å². The Balaban J connectivity index is 1.49. The molecular weight excluding hydrogens is 492 g/mol. The summed E-state index contributed by atoms with van der Waals surface area (Å²) in [4.78, 5) is 31.0. The Labute approximate surface area is 219 Å². The van der Waals surface area contributed by atoms with Gasteiger partial charge in [-0.05, 0) is 59.8 Å². The van der Waals surface area contributed by atoms with Crippen molar-refractivity contribution in [3.63, 3.8) is 0 Å². The molecule has 0 atom stereocenters. The van der Waals surface area contributed by atoms with Crippen LogP contribution in [0.5, 0.6) is 11.5 Å². The summed E-state index contributed by atoms with van der Waals surface area (Å²) in [7, 11) is 1.60. The number of ether oxygens (including phenoxy) is 3. The molecule has 192 valence electrons. The summed E-state index contributed by atoms with van der Waals surface area (Å²) in [5.74, 6) is 1.16. The van der Waals surface area contributed by atoms with Gasteiger partial charge >= 0.3 is 6.03 Å². The van der Waals surface area contributed by atoms with Gasteiger partial charge in [0, 0.05) is 37.4 Å². The molecule has 2 aromatic carbocycles. The molecule has 0 saturated carbocycles. The molecule has 0 fully saturated rings. The van der Waals surface area contributed by atoms with Gasteiger partial charge in [0.25, 0.3) is 0 Å². The molecule has 1 aliphatic heterocycles. The first-order valence-electron chi connectivity index (χ1n) is 11.8. The molecule has 1 aromatic heterocycles. The normalized spacial score (nSPS) is 11.6. The van der Waals surface area contributed by atoms with Crippen LogP contribution in [0.2, 0.25) is 0 Å². The Morgan fingerprint density at radius 2 is 1.89 bits per heavy atom. The lowest BCUT2D eigenvalue weighted by Crippen LogP contribution is -2.44. The average molecular weight is 521 g/mol. The number of benzene rings is 2. The molecule has 0 aliphatic carbocycles. The number of nitrogens with zero attached hydrogens (tertiary/aromatic N) is 3. The molecule has 4 rings (SSSR count). The minimum atomic E-state index is -0.395. The number of hydrogen-bond acceptors (Lipinski definition) is 7. The van der Waals surface area contributed by atoms with Crippen LogP contribution in [0.25, 0.3) is 0 Å². The highest BCUT2D eigenvalue weighted by atomic mass is 32.1. The maximum atomic E-state index is 13.6. The fourth-order valence-corrected chi connectivity index (χ4v) is 4.55. The number of fused-ring (bicyclic) bond motifs is 1. The van der Waals surface area contributed by atoms with Gasteiger partial charge in [0.1, 0.15) is 6.54 Å². The number of amides is 3. The minimum Gasteiger partial charge on any atom is -0.454 e. The third-order valence-electron chi connectivity index (χ3n) is 5.75. The second-order valence-corrected chi connectivity index (χ2v) is 9.44. The Bertz CT molecular complexity index is 1240. The maximum absolute atomic E-state index is 13.6. The van der Waals surface area contributed by atoms with Crippen molar-refractivity contribution in [3.05, 3.63) is 76.0 Å². The number of hydrogen-bond donors (Lipinski definition) is 1. The van der Waals surface area contributed by atoms with E-state index in [0.717, 1.165) is 10.4 Å². The van der Waals surface area contributed by atoms with Gasteiger partial charge < -0.3 is 29.3 Å². The van der Waals surface area contributed by atoms with Gasteiger partial charge in [0.15, 0.2) is 11.5 Å². The van der Waals surface area contributed by atoms with Gasteiger partial charge in [0.05, 0.1) is 18.2 Å². The summed E-state index contributed by atoms with van der Waals surface area (Å²) in [6.45, 7) is 1.68. The third-order valence-corrected chi connectivity index (χ3v) is 6.61. The summed E-state index contributed by atoms with van der Waals surface area (Å²) in [6, 6.07) is 17.8. The van der Waals surface area contributed by atoms with E-state index in [1.165, 1.54) is 4.90 Å². The van der Waals surface area contributed by atoms with E-state index in [2.05, 4.69) is 11.4 Å². The first kappa shape index (κ1) is 26.0. The standard InChI is InChI=1S/C27H28N4O5S/c1-34-12-3-11-30(27(33)29-22-8-5-20(15-28)6-9-22)18-26(32)31(17-23-4-2-13-37-23)16-21-7-10-24-25(14-21)36-19-35-24/h2,4-10,13-14H,3,11-12,16-19H2,1H3,(H,29,33). The predicted molar refractivity (Wildman–Crippen MR) is 139 cm³/mol. The molecule has 1 N–H and O–H groups in total. The van der Waals surface area contributed by atoms with Crippen LogP contribution in [0.1, 0.15) is 22.4 Å². The Kier molecular flexibility index (Phi) is 8.97. The molecule has 10 heteroatoms. The molecule has 1 aliphatic rings. The van der Waals surface area contributed by atoms with Crippen LogP contribution in [0, 0.1) is 11.3 Å². The smallest absolute Gasteiger partial charge is 0.322 e. The molecule has 2 heterocycles. The number of thiophene rings is 1. The molecule has 0 bridgehead atoms. The molecule has 37 heavy (non-hydrogen) atoms. The van der Waals surface area contributed by atoms with Crippen LogP contribution in [0.15, 0.2) is 60.0 Å². The lowest BCUT2D eigenvalue weighted by atomic mass is 10.2. The second-order valence-electron chi connectivity index (χ2n) is 8.40. The number of urea groups is 1. The number of rotatable bonds is 11. The van der Waals surface area contributed by atoms with Crippen LogP contribution in [0.4, 0.5) is 10.5 Å². The van der Waals surface area contributed by atoms with Gasteiger partial charge in [0.2, 0.25) is 12.7 Å². The van der Waals surface area contributed by atoms with Crippen molar-refractivity contribution in [1.82, 2.24) is 9.80 Å². The van der Waals surface area contributed by atoms with E-state index < -0.39 is 6.03 Å². The van der Waals surface area contributed by atoms with E-state index >= 15 is 0 Å². The van der Waals surface area contributed by atoms with Crippen molar-refractivity contribution in [2.24, 2.45) is 0 Å². The molecule has 0 spiro atoms. The quantitative estimate of drug-likeness (QED) is 0.375. The monoisotopic (exact) mass is 520 g/mol. The number of nitrogens with one attached hydrogen (secondary N) is 1.